The van der Waals surface area contributed by atoms with Crippen molar-refractivity contribution in [3.8, 4) is 10.8 Å². The Bertz CT molecular complexity index is 758. The van der Waals surface area contributed by atoms with Crippen LogP contribution in [0.5, 0.6) is 0 Å². The lowest BCUT2D eigenvalue weighted by Gasteiger charge is -2.01. The molecule has 0 aliphatic carbocycles. The van der Waals surface area contributed by atoms with Crippen LogP contribution in [0.1, 0.15) is 21.7 Å². The molecular weight excluding hydrogens is 290 g/mol. The van der Waals surface area contributed by atoms with Crippen LogP contribution >= 0.6 is 11.3 Å². The average molecular weight is 303 g/mol. The summed E-state index contributed by atoms with van der Waals surface area (Å²) in [6, 6.07) is 3.85. The monoisotopic (exact) mass is 303 g/mol. The summed E-state index contributed by atoms with van der Waals surface area (Å²) >= 11 is 1.54. The number of thiophene rings is 1. The molecule has 0 N–H and O–H groups in total. The highest BCUT2D eigenvalue weighted by Crippen LogP contribution is 2.23. The third-order valence-corrected chi connectivity index (χ3v) is 3.95. The van der Waals surface area contributed by atoms with Crippen molar-refractivity contribution in [3.63, 3.8) is 0 Å². The molecule has 7 heteroatoms. The van der Waals surface area contributed by atoms with Crippen LogP contribution in [0.25, 0.3) is 10.8 Å². The molecule has 0 amide bonds. The van der Waals surface area contributed by atoms with Gasteiger partial charge in [0, 0.05) is 12.7 Å². The van der Waals surface area contributed by atoms with Gasteiger partial charge in [0.15, 0.2) is 0 Å². The van der Waals surface area contributed by atoms with E-state index in [4.69, 9.17) is 9.15 Å². The topological polar surface area (TPSA) is 70.2 Å². The molecule has 3 aromatic heterocycles. The summed E-state index contributed by atoms with van der Waals surface area (Å²) in [6.07, 6.45) is 3.00. The predicted octanol–water partition coefficient (Wildman–Crippen LogP) is 2.80. The minimum Gasteiger partial charge on any atom is -0.455 e. The first kappa shape index (κ1) is 13.6. The first-order chi connectivity index (χ1) is 10.1. The molecule has 0 saturated carbocycles. The highest BCUT2D eigenvalue weighted by molar-refractivity contribution is 7.13. The molecule has 3 heterocycles. The van der Waals surface area contributed by atoms with E-state index in [0.29, 0.717) is 17.1 Å². The summed E-state index contributed by atoms with van der Waals surface area (Å²) in [5, 5.41) is 5.96. The second kappa shape index (κ2) is 5.53. The molecule has 3 aromatic rings. The summed E-state index contributed by atoms with van der Waals surface area (Å²) in [5.74, 6) is 0.120. The van der Waals surface area contributed by atoms with E-state index in [1.807, 2.05) is 24.4 Å². The molecule has 21 heavy (non-hydrogen) atoms. The van der Waals surface area contributed by atoms with E-state index in [-0.39, 0.29) is 6.61 Å². The standard InChI is InChI=1S/C14H13N3O3S/c1-9-11(6-15-17(9)2)14(18)20-8-10-7-19-13(16-10)12-4-3-5-21-12/h3-7H,8H2,1-2H3. The average Bonchev–Trinajstić information content (AvgIpc) is 3.19. The van der Waals surface area contributed by atoms with Crippen molar-refractivity contribution >= 4 is 17.3 Å². The third kappa shape index (κ3) is 2.73. The zero-order valence-electron chi connectivity index (χ0n) is 11.6. The number of carbonyl (C=O) groups is 1. The van der Waals surface area contributed by atoms with Crippen molar-refractivity contribution < 1.29 is 13.9 Å². The molecule has 0 aromatic carbocycles. The number of hydrogen-bond acceptors (Lipinski definition) is 6. The zero-order chi connectivity index (χ0) is 14.8. The number of oxazole rings is 1. The van der Waals surface area contributed by atoms with Gasteiger partial charge in [-0.25, -0.2) is 9.78 Å². The Morgan fingerprint density at radius 3 is 3.05 bits per heavy atom. The van der Waals surface area contributed by atoms with E-state index in [9.17, 15) is 4.79 Å². The molecule has 0 fully saturated rings. The van der Waals surface area contributed by atoms with Crippen LogP contribution in [0.15, 0.2) is 34.4 Å². The third-order valence-electron chi connectivity index (χ3n) is 3.09. The number of ether oxygens (including phenoxy) is 1. The van der Waals surface area contributed by atoms with Gasteiger partial charge in [0.05, 0.1) is 11.1 Å². The summed E-state index contributed by atoms with van der Waals surface area (Å²) in [4.78, 5) is 17.2. The summed E-state index contributed by atoms with van der Waals surface area (Å²) in [7, 11) is 1.77. The second-order valence-corrected chi connectivity index (χ2v) is 5.41. The first-order valence-electron chi connectivity index (χ1n) is 6.29. The minimum absolute atomic E-state index is 0.0715. The maximum Gasteiger partial charge on any atom is 0.342 e. The van der Waals surface area contributed by atoms with Crippen molar-refractivity contribution in [1.82, 2.24) is 14.8 Å². The molecule has 0 aliphatic heterocycles. The van der Waals surface area contributed by atoms with E-state index in [2.05, 4.69) is 10.1 Å². The summed E-state index contributed by atoms with van der Waals surface area (Å²) in [5.41, 5.74) is 1.80. The number of nitrogens with zero attached hydrogens (tertiary/aromatic N) is 3. The Balaban J connectivity index is 1.65. The van der Waals surface area contributed by atoms with Crippen LogP contribution in [0.4, 0.5) is 0 Å². The van der Waals surface area contributed by atoms with Gasteiger partial charge in [-0.2, -0.15) is 5.10 Å². The van der Waals surface area contributed by atoms with Crippen LogP contribution in [0, 0.1) is 6.92 Å². The molecule has 0 atom stereocenters. The number of aryl methyl sites for hydroxylation is 1. The highest BCUT2D eigenvalue weighted by Gasteiger charge is 2.15. The molecule has 0 saturated heterocycles. The lowest BCUT2D eigenvalue weighted by atomic mass is 10.3. The maximum atomic E-state index is 12.0. The fourth-order valence-corrected chi connectivity index (χ4v) is 2.46. The van der Waals surface area contributed by atoms with Gasteiger partial charge < -0.3 is 9.15 Å². The van der Waals surface area contributed by atoms with Crippen LogP contribution in [-0.4, -0.2) is 20.7 Å². The quantitative estimate of drug-likeness (QED) is 0.693. The Labute approximate surface area is 125 Å². The van der Waals surface area contributed by atoms with Gasteiger partial charge in [-0.1, -0.05) is 6.07 Å². The Morgan fingerprint density at radius 1 is 1.52 bits per heavy atom. The Morgan fingerprint density at radius 2 is 2.38 bits per heavy atom. The van der Waals surface area contributed by atoms with Crippen LogP contribution in [0.2, 0.25) is 0 Å². The Kier molecular flexibility index (Phi) is 3.57. The molecule has 6 nitrogen and oxygen atoms in total. The SMILES string of the molecule is Cc1c(C(=O)OCc2coc(-c3cccs3)n2)cnn1C. The van der Waals surface area contributed by atoms with Gasteiger partial charge in [-0.05, 0) is 18.4 Å². The van der Waals surface area contributed by atoms with Gasteiger partial charge in [0.2, 0.25) is 5.89 Å². The van der Waals surface area contributed by atoms with Crippen molar-refractivity contribution in [2.24, 2.45) is 7.05 Å². The molecule has 0 bridgehead atoms. The normalized spacial score (nSPS) is 10.8. The van der Waals surface area contributed by atoms with Gasteiger partial charge in [0.25, 0.3) is 0 Å². The molecule has 3 rings (SSSR count). The molecule has 0 radical (unpaired) electrons. The first-order valence-corrected chi connectivity index (χ1v) is 7.17. The van der Waals surface area contributed by atoms with E-state index >= 15 is 0 Å². The van der Waals surface area contributed by atoms with Gasteiger partial charge in [-0.15, -0.1) is 11.3 Å². The number of carbonyl (C=O) groups excluding carboxylic acids is 1. The molecule has 0 spiro atoms. The fraction of sp³-hybridized carbons (Fsp3) is 0.214. The predicted molar refractivity (Wildman–Crippen MR) is 76.9 cm³/mol. The Hall–Kier alpha value is -2.41. The number of rotatable bonds is 4. The highest BCUT2D eigenvalue weighted by atomic mass is 32.1. The fourth-order valence-electron chi connectivity index (χ4n) is 1.80. The number of aromatic nitrogens is 3. The van der Waals surface area contributed by atoms with E-state index in [1.165, 1.54) is 12.5 Å². The van der Waals surface area contributed by atoms with Crippen LogP contribution in [0.3, 0.4) is 0 Å². The largest absolute Gasteiger partial charge is 0.455 e. The van der Waals surface area contributed by atoms with E-state index < -0.39 is 5.97 Å². The van der Waals surface area contributed by atoms with Gasteiger partial charge in [-0.3, -0.25) is 4.68 Å². The molecule has 0 aliphatic rings. The number of esters is 1. The minimum atomic E-state index is -0.415. The van der Waals surface area contributed by atoms with E-state index in [0.717, 1.165) is 10.6 Å². The van der Waals surface area contributed by atoms with Crippen LogP contribution < -0.4 is 0 Å². The van der Waals surface area contributed by atoms with E-state index in [1.54, 1.807) is 23.1 Å². The zero-order valence-corrected chi connectivity index (χ0v) is 12.4. The molecular formula is C14H13N3O3S. The molecule has 0 unspecified atom stereocenters. The lowest BCUT2D eigenvalue weighted by Crippen LogP contribution is -2.07. The van der Waals surface area contributed by atoms with Crippen LogP contribution in [-0.2, 0) is 18.4 Å². The van der Waals surface area contributed by atoms with Crippen molar-refractivity contribution in [1.29, 1.82) is 0 Å². The van der Waals surface area contributed by atoms with Gasteiger partial charge >= 0.3 is 5.97 Å². The summed E-state index contributed by atoms with van der Waals surface area (Å²) in [6.45, 7) is 1.89. The second-order valence-electron chi connectivity index (χ2n) is 4.46. The van der Waals surface area contributed by atoms with Crippen molar-refractivity contribution in [2.75, 3.05) is 0 Å². The smallest absolute Gasteiger partial charge is 0.342 e. The van der Waals surface area contributed by atoms with Crippen molar-refractivity contribution in [3.05, 3.63) is 46.9 Å². The maximum absolute atomic E-state index is 12.0. The van der Waals surface area contributed by atoms with Crippen molar-refractivity contribution in [2.45, 2.75) is 13.5 Å². The molecule has 108 valence electrons. The summed E-state index contributed by atoms with van der Waals surface area (Å²) < 4.78 is 12.2. The van der Waals surface area contributed by atoms with Gasteiger partial charge in [0.1, 0.15) is 24.1 Å². The lowest BCUT2D eigenvalue weighted by molar-refractivity contribution is 0.0466. The number of hydrogen-bond donors (Lipinski definition) is 0.